The highest BCUT2D eigenvalue weighted by Crippen LogP contribution is 2.37. The summed E-state index contributed by atoms with van der Waals surface area (Å²) in [6, 6.07) is 4.52. The van der Waals surface area contributed by atoms with Crippen LogP contribution in [0, 0.1) is 19.1 Å². The fourth-order valence-electron chi connectivity index (χ4n) is 2.62. The zero-order valence-corrected chi connectivity index (χ0v) is 13.6. The first-order valence-electron chi connectivity index (χ1n) is 6.53. The van der Waals surface area contributed by atoms with Gasteiger partial charge >= 0.3 is 0 Å². The monoisotopic (exact) mass is 388 g/mol. The highest BCUT2D eigenvalue weighted by Gasteiger charge is 2.32. The van der Waals surface area contributed by atoms with Crippen molar-refractivity contribution >= 4 is 34.2 Å². The number of nitro groups is 1. The lowest BCUT2D eigenvalue weighted by Crippen LogP contribution is -2.34. The summed E-state index contributed by atoms with van der Waals surface area (Å²) in [6.07, 6.45) is 3.00. The van der Waals surface area contributed by atoms with E-state index < -0.39 is 4.92 Å². The Morgan fingerprint density at radius 1 is 1.50 bits per heavy atom. The molecule has 20 heavy (non-hydrogen) atoms. The number of amides is 1. The van der Waals surface area contributed by atoms with E-state index in [4.69, 9.17) is 0 Å². The number of nitrogens with zero attached hydrogens (tertiary/aromatic N) is 1. The Morgan fingerprint density at radius 3 is 2.75 bits per heavy atom. The third-order valence-electron chi connectivity index (χ3n) is 3.71. The van der Waals surface area contributed by atoms with Crippen LogP contribution in [0.25, 0.3) is 0 Å². The Kier molecular flexibility index (Phi) is 4.31. The van der Waals surface area contributed by atoms with Gasteiger partial charge in [-0.2, -0.15) is 0 Å². The second-order valence-corrected chi connectivity index (χ2v) is 7.16. The highest BCUT2D eigenvalue weighted by atomic mass is 127. The standard InChI is InChI=1S/C14H17IN2O3/c1-14(2)6-5-9(8-14)16-13(18)11-7-10(17(19)20)3-4-12(11)15/h3-4,7,9H,5-6,8H2,1-2H3,(H,16,18). The maximum atomic E-state index is 12.3. The van der Waals surface area contributed by atoms with Crippen LogP contribution >= 0.6 is 22.6 Å². The minimum absolute atomic E-state index is 0.0534. The quantitative estimate of drug-likeness (QED) is 0.489. The van der Waals surface area contributed by atoms with Gasteiger partial charge in [-0.05, 0) is 53.3 Å². The number of nitro benzene ring substituents is 1. The van der Waals surface area contributed by atoms with Crippen LogP contribution in [0.2, 0.25) is 0 Å². The number of hydrogen-bond acceptors (Lipinski definition) is 3. The minimum Gasteiger partial charge on any atom is -0.349 e. The van der Waals surface area contributed by atoms with Gasteiger partial charge in [0.1, 0.15) is 0 Å². The number of rotatable bonds is 3. The van der Waals surface area contributed by atoms with Crippen molar-refractivity contribution in [3.05, 3.63) is 37.4 Å². The lowest BCUT2D eigenvalue weighted by Gasteiger charge is -2.18. The zero-order chi connectivity index (χ0) is 14.9. The molecule has 1 fully saturated rings. The van der Waals surface area contributed by atoms with Crippen molar-refractivity contribution in [2.45, 2.75) is 39.2 Å². The lowest BCUT2D eigenvalue weighted by molar-refractivity contribution is -0.384. The molecule has 0 heterocycles. The second-order valence-electron chi connectivity index (χ2n) is 6.00. The van der Waals surface area contributed by atoms with E-state index in [0.29, 0.717) is 5.56 Å². The maximum Gasteiger partial charge on any atom is 0.270 e. The summed E-state index contributed by atoms with van der Waals surface area (Å²) < 4.78 is 0.725. The molecule has 1 aromatic rings. The molecule has 0 radical (unpaired) electrons. The molecule has 1 amide bonds. The van der Waals surface area contributed by atoms with Crippen LogP contribution in [0.3, 0.4) is 0 Å². The van der Waals surface area contributed by atoms with Gasteiger partial charge in [-0.25, -0.2) is 0 Å². The van der Waals surface area contributed by atoms with E-state index in [0.717, 1.165) is 22.8 Å². The number of carbonyl (C=O) groups is 1. The lowest BCUT2D eigenvalue weighted by atomic mass is 9.92. The highest BCUT2D eigenvalue weighted by molar-refractivity contribution is 14.1. The van der Waals surface area contributed by atoms with Crippen LogP contribution in [0.15, 0.2) is 18.2 Å². The van der Waals surface area contributed by atoms with Crippen molar-refractivity contribution in [1.29, 1.82) is 0 Å². The summed E-state index contributed by atoms with van der Waals surface area (Å²) >= 11 is 2.03. The van der Waals surface area contributed by atoms with Crippen molar-refractivity contribution in [3.63, 3.8) is 0 Å². The van der Waals surface area contributed by atoms with Crippen molar-refractivity contribution in [3.8, 4) is 0 Å². The summed E-state index contributed by atoms with van der Waals surface area (Å²) in [5.41, 5.74) is 0.583. The molecule has 5 nitrogen and oxygen atoms in total. The molecule has 6 heteroatoms. The van der Waals surface area contributed by atoms with E-state index in [1.165, 1.54) is 12.1 Å². The number of carbonyl (C=O) groups excluding carboxylic acids is 1. The van der Waals surface area contributed by atoms with Crippen LogP contribution in [0.5, 0.6) is 0 Å². The average molecular weight is 388 g/mol. The van der Waals surface area contributed by atoms with Crippen LogP contribution < -0.4 is 5.32 Å². The number of nitrogens with one attached hydrogen (secondary N) is 1. The summed E-state index contributed by atoms with van der Waals surface area (Å²) in [6.45, 7) is 4.38. The third kappa shape index (κ3) is 3.47. The van der Waals surface area contributed by atoms with Crippen LogP contribution in [-0.2, 0) is 0 Å². The van der Waals surface area contributed by atoms with Gasteiger partial charge in [-0.3, -0.25) is 14.9 Å². The van der Waals surface area contributed by atoms with Gasteiger partial charge in [0, 0.05) is 21.7 Å². The molecular formula is C14H17IN2O3. The fourth-order valence-corrected chi connectivity index (χ4v) is 3.20. The SMILES string of the molecule is CC1(C)CCC(NC(=O)c2cc([N+](=O)[O-])ccc2I)C1. The molecule has 1 atom stereocenters. The number of non-ortho nitro benzene ring substituents is 1. The van der Waals surface area contributed by atoms with Crippen LogP contribution in [0.1, 0.15) is 43.5 Å². The van der Waals surface area contributed by atoms with Gasteiger partial charge in [0.25, 0.3) is 11.6 Å². The smallest absolute Gasteiger partial charge is 0.270 e. The van der Waals surface area contributed by atoms with E-state index in [1.54, 1.807) is 6.07 Å². The summed E-state index contributed by atoms with van der Waals surface area (Å²) in [5, 5.41) is 13.8. The molecule has 1 unspecified atom stereocenters. The van der Waals surface area contributed by atoms with Crippen molar-refractivity contribution in [1.82, 2.24) is 5.32 Å². The Hall–Kier alpha value is -1.18. The molecule has 0 bridgehead atoms. The maximum absolute atomic E-state index is 12.3. The molecule has 0 spiro atoms. The Bertz CT molecular complexity index is 557. The predicted octanol–water partition coefficient (Wildman–Crippen LogP) is 3.51. The molecule has 1 N–H and O–H groups in total. The molecule has 0 aliphatic heterocycles. The van der Waals surface area contributed by atoms with Gasteiger partial charge in [0.2, 0.25) is 0 Å². The molecule has 1 aliphatic rings. The first kappa shape index (κ1) is 15.2. The second kappa shape index (κ2) is 5.67. The predicted molar refractivity (Wildman–Crippen MR) is 84.7 cm³/mol. The normalized spacial score (nSPS) is 20.6. The Balaban J connectivity index is 2.13. The summed E-state index contributed by atoms with van der Waals surface area (Å²) in [5.74, 6) is -0.221. The number of hydrogen-bond donors (Lipinski definition) is 1. The first-order chi connectivity index (χ1) is 9.28. The number of halogens is 1. The van der Waals surface area contributed by atoms with E-state index in [-0.39, 0.29) is 23.1 Å². The van der Waals surface area contributed by atoms with Gasteiger partial charge in [-0.15, -0.1) is 0 Å². The van der Waals surface area contributed by atoms with Crippen molar-refractivity contribution in [2.24, 2.45) is 5.41 Å². The molecule has 108 valence electrons. The Labute approximate surface area is 131 Å². The molecule has 2 rings (SSSR count). The van der Waals surface area contributed by atoms with E-state index in [1.807, 2.05) is 22.6 Å². The summed E-state index contributed by atoms with van der Waals surface area (Å²) in [4.78, 5) is 22.6. The van der Waals surface area contributed by atoms with Gasteiger partial charge < -0.3 is 5.32 Å². The fraction of sp³-hybridized carbons (Fsp3) is 0.500. The molecule has 1 saturated carbocycles. The topological polar surface area (TPSA) is 72.2 Å². The van der Waals surface area contributed by atoms with Crippen molar-refractivity contribution < 1.29 is 9.72 Å². The van der Waals surface area contributed by atoms with E-state index >= 15 is 0 Å². The summed E-state index contributed by atoms with van der Waals surface area (Å²) in [7, 11) is 0. The van der Waals surface area contributed by atoms with Gasteiger partial charge in [0.15, 0.2) is 0 Å². The minimum atomic E-state index is -0.481. The molecular weight excluding hydrogens is 371 g/mol. The Morgan fingerprint density at radius 2 is 2.20 bits per heavy atom. The van der Waals surface area contributed by atoms with E-state index in [9.17, 15) is 14.9 Å². The van der Waals surface area contributed by atoms with Crippen LogP contribution in [-0.4, -0.2) is 16.9 Å². The van der Waals surface area contributed by atoms with Gasteiger partial charge in [-0.1, -0.05) is 13.8 Å². The average Bonchev–Trinajstić information content (AvgIpc) is 2.68. The third-order valence-corrected chi connectivity index (χ3v) is 4.65. The van der Waals surface area contributed by atoms with Crippen LogP contribution in [0.4, 0.5) is 5.69 Å². The van der Waals surface area contributed by atoms with Crippen molar-refractivity contribution in [2.75, 3.05) is 0 Å². The van der Waals surface area contributed by atoms with Gasteiger partial charge in [0.05, 0.1) is 10.5 Å². The van der Waals surface area contributed by atoms with E-state index in [2.05, 4.69) is 19.2 Å². The number of benzene rings is 1. The molecule has 0 saturated heterocycles. The largest absolute Gasteiger partial charge is 0.349 e. The molecule has 1 aromatic carbocycles. The zero-order valence-electron chi connectivity index (χ0n) is 11.5. The molecule has 0 aromatic heterocycles. The first-order valence-corrected chi connectivity index (χ1v) is 7.61. The molecule has 1 aliphatic carbocycles.